The molecule has 0 aromatic heterocycles. The Hall–Kier alpha value is -3.27. The Morgan fingerprint density at radius 1 is 1.31 bits per heavy atom. The predicted molar refractivity (Wildman–Crippen MR) is 97.0 cm³/mol. The van der Waals surface area contributed by atoms with E-state index in [1.807, 2.05) is 0 Å². The Morgan fingerprint density at radius 2 is 2.08 bits per heavy atom. The van der Waals surface area contributed by atoms with Gasteiger partial charge in [0.1, 0.15) is 5.75 Å². The monoisotopic (exact) mass is 420 g/mol. The van der Waals surface area contributed by atoms with Crippen LogP contribution in [0.4, 0.5) is 5.69 Å². The molecule has 0 unspecified atom stereocenters. The number of nitrogens with zero attached hydrogens (tertiary/aromatic N) is 2. The van der Waals surface area contributed by atoms with Crippen LogP contribution in [0.15, 0.2) is 52.0 Å². The van der Waals surface area contributed by atoms with Crippen LogP contribution in [0.25, 0.3) is 0 Å². The van der Waals surface area contributed by atoms with Gasteiger partial charge in [-0.25, -0.2) is 5.43 Å². The topological polar surface area (TPSA) is 137 Å². The number of benzene rings is 2. The van der Waals surface area contributed by atoms with Crippen LogP contribution in [0.5, 0.6) is 5.75 Å². The van der Waals surface area contributed by atoms with Gasteiger partial charge in [0.15, 0.2) is 6.61 Å². The van der Waals surface area contributed by atoms with Gasteiger partial charge in [-0.15, -0.1) is 0 Å². The number of carbonyl (C=O) groups excluding carboxylic acids is 2. The highest BCUT2D eigenvalue weighted by atomic mass is 79.9. The highest BCUT2D eigenvalue weighted by Crippen LogP contribution is 2.25. The standard InChI is InChI=1S/C16H13BrN4O5/c17-13-6-10(4-5-14(13)26-9-15(18)22)8-19-20-16(23)11-2-1-3-12(7-11)21(24)25/h1-8H,9H2,(H2,18,22)(H,20,23). The molecule has 0 fully saturated rings. The summed E-state index contributed by atoms with van der Waals surface area (Å²) >= 11 is 3.29. The van der Waals surface area contributed by atoms with Crippen molar-refractivity contribution in [2.75, 3.05) is 6.61 Å². The zero-order valence-corrected chi connectivity index (χ0v) is 14.8. The Kier molecular flexibility index (Phi) is 6.39. The number of rotatable bonds is 7. The van der Waals surface area contributed by atoms with Crippen molar-refractivity contribution < 1.29 is 19.2 Å². The van der Waals surface area contributed by atoms with Gasteiger partial charge in [0.25, 0.3) is 17.5 Å². The number of primary amides is 1. The summed E-state index contributed by atoms with van der Waals surface area (Å²) in [5, 5.41) is 14.5. The van der Waals surface area contributed by atoms with Crippen LogP contribution in [0.3, 0.4) is 0 Å². The Balaban J connectivity index is 2.00. The Morgan fingerprint density at radius 3 is 2.73 bits per heavy atom. The number of nitro benzene ring substituents is 1. The van der Waals surface area contributed by atoms with Crippen molar-refractivity contribution in [1.29, 1.82) is 0 Å². The SMILES string of the molecule is NC(=O)COc1ccc(C=NNC(=O)c2cccc([N+](=O)[O-])c2)cc1Br. The van der Waals surface area contributed by atoms with Crippen LogP contribution in [-0.4, -0.2) is 29.6 Å². The number of hydrazone groups is 1. The van der Waals surface area contributed by atoms with Crippen molar-refractivity contribution in [3.8, 4) is 5.75 Å². The molecule has 0 heterocycles. The normalized spacial score (nSPS) is 10.5. The van der Waals surface area contributed by atoms with E-state index in [2.05, 4.69) is 26.5 Å². The van der Waals surface area contributed by atoms with Crippen LogP contribution in [0.2, 0.25) is 0 Å². The highest BCUT2D eigenvalue weighted by Gasteiger charge is 2.10. The van der Waals surface area contributed by atoms with Gasteiger partial charge >= 0.3 is 0 Å². The summed E-state index contributed by atoms with van der Waals surface area (Å²) in [5.74, 6) is -0.738. The fourth-order valence-electron chi connectivity index (χ4n) is 1.85. The first-order chi connectivity index (χ1) is 12.4. The average molecular weight is 421 g/mol. The maximum Gasteiger partial charge on any atom is 0.271 e. The number of hydrogen-bond acceptors (Lipinski definition) is 6. The van der Waals surface area contributed by atoms with E-state index in [1.54, 1.807) is 18.2 Å². The summed E-state index contributed by atoms with van der Waals surface area (Å²) in [6.45, 7) is -0.245. The number of ether oxygens (including phenoxy) is 1. The minimum Gasteiger partial charge on any atom is -0.483 e. The summed E-state index contributed by atoms with van der Waals surface area (Å²) in [6.07, 6.45) is 1.39. The Bertz CT molecular complexity index is 885. The molecule has 10 heteroatoms. The molecule has 0 atom stereocenters. The second-order valence-electron chi connectivity index (χ2n) is 4.95. The quantitative estimate of drug-likeness (QED) is 0.400. The summed E-state index contributed by atoms with van der Waals surface area (Å²) < 4.78 is 5.77. The van der Waals surface area contributed by atoms with E-state index < -0.39 is 16.7 Å². The first-order valence-corrected chi connectivity index (χ1v) is 7.94. The van der Waals surface area contributed by atoms with Crippen molar-refractivity contribution in [3.05, 3.63) is 68.2 Å². The smallest absolute Gasteiger partial charge is 0.271 e. The zero-order valence-electron chi connectivity index (χ0n) is 13.2. The minimum atomic E-state index is -0.591. The van der Waals surface area contributed by atoms with Crippen LogP contribution in [-0.2, 0) is 4.79 Å². The molecule has 0 bridgehead atoms. The van der Waals surface area contributed by atoms with Gasteiger partial charge < -0.3 is 10.5 Å². The van der Waals surface area contributed by atoms with Gasteiger partial charge in [-0.3, -0.25) is 19.7 Å². The summed E-state index contributed by atoms with van der Waals surface area (Å²) in [4.78, 5) is 32.8. The lowest BCUT2D eigenvalue weighted by Crippen LogP contribution is -2.20. The second-order valence-corrected chi connectivity index (χ2v) is 5.81. The van der Waals surface area contributed by atoms with E-state index in [1.165, 1.54) is 24.4 Å². The molecule has 0 aliphatic heterocycles. The molecular weight excluding hydrogens is 408 g/mol. The van der Waals surface area contributed by atoms with Crippen LogP contribution < -0.4 is 15.9 Å². The van der Waals surface area contributed by atoms with E-state index >= 15 is 0 Å². The van der Waals surface area contributed by atoms with Crippen molar-refractivity contribution in [2.45, 2.75) is 0 Å². The highest BCUT2D eigenvalue weighted by molar-refractivity contribution is 9.10. The Labute approximate surface area is 156 Å². The number of non-ortho nitro benzene ring substituents is 1. The van der Waals surface area contributed by atoms with Crippen molar-refractivity contribution >= 4 is 39.6 Å². The summed E-state index contributed by atoms with van der Waals surface area (Å²) in [6, 6.07) is 10.2. The van der Waals surface area contributed by atoms with Crippen LogP contribution >= 0.6 is 15.9 Å². The molecule has 26 heavy (non-hydrogen) atoms. The summed E-state index contributed by atoms with van der Waals surface area (Å²) in [5.41, 5.74) is 7.87. The zero-order chi connectivity index (χ0) is 19.1. The molecule has 0 saturated carbocycles. The van der Waals surface area contributed by atoms with Gasteiger partial charge in [0.2, 0.25) is 0 Å². The van der Waals surface area contributed by atoms with Crippen LogP contribution in [0.1, 0.15) is 15.9 Å². The third-order valence-corrected chi connectivity index (χ3v) is 3.64. The first kappa shape index (κ1) is 19.1. The maximum atomic E-state index is 12.0. The van der Waals surface area contributed by atoms with Crippen LogP contribution in [0, 0.1) is 10.1 Å². The van der Waals surface area contributed by atoms with Gasteiger partial charge in [0.05, 0.1) is 15.6 Å². The molecule has 0 spiro atoms. The molecule has 0 aliphatic carbocycles. The van der Waals surface area contributed by atoms with E-state index in [0.29, 0.717) is 15.8 Å². The molecule has 3 N–H and O–H groups in total. The number of halogens is 1. The molecule has 2 amide bonds. The van der Waals surface area contributed by atoms with Crippen molar-refractivity contribution in [1.82, 2.24) is 5.43 Å². The van der Waals surface area contributed by atoms with E-state index in [0.717, 1.165) is 6.07 Å². The van der Waals surface area contributed by atoms with E-state index in [4.69, 9.17) is 10.5 Å². The van der Waals surface area contributed by atoms with Gasteiger partial charge in [-0.2, -0.15) is 5.10 Å². The number of nitro groups is 1. The van der Waals surface area contributed by atoms with E-state index in [9.17, 15) is 19.7 Å². The number of hydrogen-bond donors (Lipinski definition) is 2. The fourth-order valence-corrected chi connectivity index (χ4v) is 2.36. The van der Waals surface area contributed by atoms with Gasteiger partial charge in [-0.1, -0.05) is 6.07 Å². The molecule has 2 rings (SSSR count). The van der Waals surface area contributed by atoms with Crippen molar-refractivity contribution in [2.24, 2.45) is 10.8 Å². The third-order valence-electron chi connectivity index (χ3n) is 3.02. The lowest BCUT2D eigenvalue weighted by molar-refractivity contribution is -0.384. The first-order valence-electron chi connectivity index (χ1n) is 7.15. The lowest BCUT2D eigenvalue weighted by Gasteiger charge is -2.06. The fraction of sp³-hybridized carbons (Fsp3) is 0.0625. The second kappa shape index (κ2) is 8.72. The van der Waals surface area contributed by atoms with E-state index in [-0.39, 0.29) is 17.9 Å². The molecule has 9 nitrogen and oxygen atoms in total. The van der Waals surface area contributed by atoms with Gasteiger partial charge in [0, 0.05) is 17.7 Å². The molecule has 0 radical (unpaired) electrons. The average Bonchev–Trinajstić information content (AvgIpc) is 2.60. The lowest BCUT2D eigenvalue weighted by atomic mass is 10.2. The number of amides is 2. The molecular formula is C16H13BrN4O5. The maximum absolute atomic E-state index is 12.0. The minimum absolute atomic E-state index is 0.118. The van der Waals surface area contributed by atoms with Crippen molar-refractivity contribution in [3.63, 3.8) is 0 Å². The third kappa shape index (κ3) is 5.38. The largest absolute Gasteiger partial charge is 0.483 e. The molecule has 2 aromatic carbocycles. The predicted octanol–water partition coefficient (Wildman–Crippen LogP) is 1.99. The number of nitrogens with two attached hydrogens (primary N) is 1. The molecule has 134 valence electrons. The number of carbonyl (C=O) groups is 2. The molecule has 2 aromatic rings. The summed E-state index contributed by atoms with van der Waals surface area (Å²) in [7, 11) is 0. The molecule has 0 aliphatic rings. The van der Waals surface area contributed by atoms with Gasteiger partial charge in [-0.05, 0) is 45.8 Å². The molecule has 0 saturated heterocycles. The number of nitrogens with one attached hydrogen (secondary N) is 1.